The number of methoxy groups -OCH3 is 1. The zero-order valence-electron chi connectivity index (χ0n) is 10.6. The molecule has 1 atom stereocenters. The maximum absolute atomic E-state index is 6.15. The highest BCUT2D eigenvalue weighted by Crippen LogP contribution is 2.38. The minimum atomic E-state index is -0.351. The van der Waals surface area contributed by atoms with E-state index in [4.69, 9.17) is 14.2 Å². The summed E-state index contributed by atoms with van der Waals surface area (Å²) < 4.78 is 17.2. The van der Waals surface area contributed by atoms with Crippen molar-refractivity contribution in [2.75, 3.05) is 26.8 Å². The summed E-state index contributed by atoms with van der Waals surface area (Å²) in [6, 6.07) is 8.03. The van der Waals surface area contributed by atoms with Gasteiger partial charge in [0.2, 0.25) is 0 Å². The van der Waals surface area contributed by atoms with E-state index in [1.807, 2.05) is 24.3 Å². The molecule has 0 bridgehead atoms. The summed E-state index contributed by atoms with van der Waals surface area (Å²) >= 11 is 0. The third-order valence-electron chi connectivity index (χ3n) is 3.71. The molecule has 18 heavy (non-hydrogen) atoms. The molecule has 0 saturated carbocycles. The zero-order chi connectivity index (χ0) is 12.4. The molecule has 2 aliphatic heterocycles. The third-order valence-corrected chi connectivity index (χ3v) is 3.71. The number of benzene rings is 1. The Bertz CT molecular complexity index is 398. The van der Waals surface area contributed by atoms with E-state index in [-0.39, 0.29) is 11.9 Å². The summed E-state index contributed by atoms with van der Waals surface area (Å²) in [5.41, 5.74) is 1.16. The Hall–Kier alpha value is -1.10. The van der Waals surface area contributed by atoms with Crippen molar-refractivity contribution in [3.63, 3.8) is 0 Å². The van der Waals surface area contributed by atoms with Gasteiger partial charge in [-0.1, -0.05) is 12.1 Å². The van der Waals surface area contributed by atoms with Crippen molar-refractivity contribution >= 4 is 0 Å². The molecule has 2 fully saturated rings. The standard InChI is InChI=1S/C14H19NO3/c1-16-12-4-2-11(3-5-12)13-10-17-14(18-13)6-8-15-9-7-14/h2-5,13,15H,6-10H2,1H3. The monoisotopic (exact) mass is 249 g/mol. The Morgan fingerprint density at radius 3 is 2.61 bits per heavy atom. The number of hydrogen-bond donors (Lipinski definition) is 1. The molecule has 0 amide bonds. The Balaban J connectivity index is 1.70. The van der Waals surface area contributed by atoms with E-state index in [9.17, 15) is 0 Å². The van der Waals surface area contributed by atoms with E-state index < -0.39 is 0 Å². The fourth-order valence-electron chi connectivity index (χ4n) is 2.61. The molecule has 1 unspecified atom stereocenters. The Morgan fingerprint density at radius 1 is 1.22 bits per heavy atom. The molecule has 0 aromatic heterocycles. The average Bonchev–Trinajstić information content (AvgIpc) is 2.83. The molecule has 1 N–H and O–H groups in total. The first-order valence-electron chi connectivity index (χ1n) is 6.48. The normalized spacial score (nSPS) is 26.4. The number of piperidine rings is 1. The van der Waals surface area contributed by atoms with Crippen molar-refractivity contribution in [2.45, 2.75) is 24.7 Å². The summed E-state index contributed by atoms with van der Waals surface area (Å²) in [6.45, 7) is 2.58. The maximum Gasteiger partial charge on any atom is 0.171 e. The van der Waals surface area contributed by atoms with E-state index in [0.29, 0.717) is 6.61 Å². The quantitative estimate of drug-likeness (QED) is 0.868. The summed E-state index contributed by atoms with van der Waals surface area (Å²) in [5.74, 6) is 0.518. The third kappa shape index (κ3) is 2.23. The lowest BCUT2D eigenvalue weighted by molar-refractivity contribution is -0.183. The molecule has 1 aromatic rings. The van der Waals surface area contributed by atoms with Crippen LogP contribution in [-0.2, 0) is 9.47 Å². The van der Waals surface area contributed by atoms with Crippen molar-refractivity contribution < 1.29 is 14.2 Å². The van der Waals surface area contributed by atoms with Gasteiger partial charge in [0.1, 0.15) is 11.9 Å². The summed E-state index contributed by atoms with van der Waals surface area (Å²) in [6.07, 6.45) is 1.91. The van der Waals surface area contributed by atoms with Gasteiger partial charge in [-0.25, -0.2) is 0 Å². The molecule has 4 heteroatoms. The Labute approximate surface area is 107 Å². The van der Waals surface area contributed by atoms with Gasteiger partial charge < -0.3 is 19.5 Å². The van der Waals surface area contributed by atoms with E-state index in [1.165, 1.54) is 0 Å². The van der Waals surface area contributed by atoms with Crippen LogP contribution in [0.5, 0.6) is 5.75 Å². The van der Waals surface area contributed by atoms with Gasteiger partial charge in [-0.05, 0) is 17.7 Å². The van der Waals surface area contributed by atoms with Crippen LogP contribution in [0.25, 0.3) is 0 Å². The maximum atomic E-state index is 6.15. The van der Waals surface area contributed by atoms with Gasteiger partial charge in [-0.3, -0.25) is 0 Å². The summed E-state index contributed by atoms with van der Waals surface area (Å²) in [4.78, 5) is 0. The van der Waals surface area contributed by atoms with Gasteiger partial charge in [0, 0.05) is 25.9 Å². The molecule has 2 saturated heterocycles. The molecule has 2 aliphatic rings. The second-order valence-electron chi connectivity index (χ2n) is 4.85. The highest BCUT2D eigenvalue weighted by atomic mass is 16.7. The summed E-state index contributed by atoms with van der Waals surface area (Å²) in [7, 11) is 1.67. The van der Waals surface area contributed by atoms with Crippen LogP contribution in [0.3, 0.4) is 0 Å². The molecular formula is C14H19NO3. The van der Waals surface area contributed by atoms with Crippen LogP contribution in [0.4, 0.5) is 0 Å². The van der Waals surface area contributed by atoms with Crippen LogP contribution < -0.4 is 10.1 Å². The van der Waals surface area contributed by atoms with Crippen LogP contribution in [0.1, 0.15) is 24.5 Å². The predicted molar refractivity (Wildman–Crippen MR) is 67.6 cm³/mol. The highest BCUT2D eigenvalue weighted by Gasteiger charge is 2.42. The van der Waals surface area contributed by atoms with Gasteiger partial charge in [0.25, 0.3) is 0 Å². The van der Waals surface area contributed by atoms with Crippen LogP contribution in [0.2, 0.25) is 0 Å². The topological polar surface area (TPSA) is 39.7 Å². The molecule has 98 valence electrons. The van der Waals surface area contributed by atoms with Crippen LogP contribution in [0, 0.1) is 0 Å². The fraction of sp³-hybridized carbons (Fsp3) is 0.571. The Morgan fingerprint density at radius 2 is 1.94 bits per heavy atom. The fourth-order valence-corrected chi connectivity index (χ4v) is 2.61. The lowest BCUT2D eigenvalue weighted by Gasteiger charge is -2.32. The molecular weight excluding hydrogens is 230 g/mol. The zero-order valence-corrected chi connectivity index (χ0v) is 10.6. The largest absolute Gasteiger partial charge is 0.497 e. The van der Waals surface area contributed by atoms with Crippen molar-refractivity contribution in [2.24, 2.45) is 0 Å². The smallest absolute Gasteiger partial charge is 0.171 e. The second-order valence-corrected chi connectivity index (χ2v) is 4.85. The number of nitrogens with one attached hydrogen (secondary N) is 1. The van der Waals surface area contributed by atoms with Crippen LogP contribution in [0.15, 0.2) is 24.3 Å². The minimum Gasteiger partial charge on any atom is -0.497 e. The van der Waals surface area contributed by atoms with Crippen molar-refractivity contribution in [1.82, 2.24) is 5.32 Å². The molecule has 0 radical (unpaired) electrons. The van der Waals surface area contributed by atoms with E-state index >= 15 is 0 Å². The second kappa shape index (κ2) is 4.88. The highest BCUT2D eigenvalue weighted by molar-refractivity contribution is 5.29. The lowest BCUT2D eigenvalue weighted by atomic mass is 10.1. The number of hydrogen-bond acceptors (Lipinski definition) is 4. The predicted octanol–water partition coefficient (Wildman–Crippen LogP) is 1.86. The first-order chi connectivity index (χ1) is 8.81. The average molecular weight is 249 g/mol. The minimum absolute atomic E-state index is 0.0500. The van der Waals surface area contributed by atoms with Crippen molar-refractivity contribution in [3.8, 4) is 5.75 Å². The Kier molecular flexibility index (Phi) is 3.24. The van der Waals surface area contributed by atoms with Gasteiger partial charge in [-0.15, -0.1) is 0 Å². The molecule has 4 nitrogen and oxygen atoms in total. The van der Waals surface area contributed by atoms with Gasteiger partial charge in [0.05, 0.1) is 13.7 Å². The summed E-state index contributed by atoms with van der Waals surface area (Å²) in [5, 5.41) is 3.33. The molecule has 2 heterocycles. The first-order valence-corrected chi connectivity index (χ1v) is 6.48. The molecule has 1 spiro atoms. The van der Waals surface area contributed by atoms with E-state index in [2.05, 4.69) is 5.32 Å². The molecule has 0 aliphatic carbocycles. The van der Waals surface area contributed by atoms with E-state index in [1.54, 1.807) is 7.11 Å². The van der Waals surface area contributed by atoms with E-state index in [0.717, 1.165) is 37.2 Å². The number of rotatable bonds is 2. The van der Waals surface area contributed by atoms with Crippen LogP contribution in [-0.4, -0.2) is 32.6 Å². The molecule has 3 rings (SSSR count). The van der Waals surface area contributed by atoms with Crippen LogP contribution >= 0.6 is 0 Å². The van der Waals surface area contributed by atoms with Gasteiger partial charge >= 0.3 is 0 Å². The van der Waals surface area contributed by atoms with Crippen molar-refractivity contribution in [1.29, 1.82) is 0 Å². The molecule has 1 aromatic carbocycles. The van der Waals surface area contributed by atoms with Gasteiger partial charge in [0.15, 0.2) is 5.79 Å². The van der Waals surface area contributed by atoms with Crippen molar-refractivity contribution in [3.05, 3.63) is 29.8 Å². The number of ether oxygens (including phenoxy) is 3. The van der Waals surface area contributed by atoms with Gasteiger partial charge in [-0.2, -0.15) is 0 Å². The lowest BCUT2D eigenvalue weighted by Crippen LogP contribution is -2.42. The first kappa shape index (κ1) is 12.0. The SMILES string of the molecule is COc1ccc(C2COC3(CCNCC3)O2)cc1.